The van der Waals surface area contributed by atoms with Crippen LogP contribution in [-0.2, 0) is 9.53 Å². The van der Waals surface area contributed by atoms with E-state index in [0.717, 1.165) is 0 Å². The topological polar surface area (TPSA) is 112 Å². The Balaban J connectivity index is 1.69. The smallest absolute Gasteiger partial charge is 0.375 e. The molecule has 8 heteroatoms. The van der Waals surface area contributed by atoms with E-state index in [1.807, 2.05) is 0 Å². The second-order valence-corrected chi connectivity index (χ2v) is 6.61. The molecule has 3 N–H and O–H groups in total. The van der Waals surface area contributed by atoms with E-state index in [4.69, 9.17) is 26.5 Å². The highest BCUT2D eigenvalue weighted by atomic mass is 35.5. The van der Waals surface area contributed by atoms with Gasteiger partial charge in [-0.3, -0.25) is 9.59 Å². The zero-order valence-corrected chi connectivity index (χ0v) is 15.9. The molecule has 0 aliphatic carbocycles. The standard InChI is InChI=1S/C20H17ClN2O5/c1-10-15-9-13(21)5-8-16(15)28-17(10)20(26)27-11(2)19(25)23-14-6-3-12(4-7-14)18(22)24/h3-9,11H,1-2H3,(H2,22,24)(H,23,25)/t11-/m0/s1. The predicted octanol–water partition coefficient (Wildman–Crippen LogP) is 3.68. The zero-order valence-electron chi connectivity index (χ0n) is 15.1. The molecule has 28 heavy (non-hydrogen) atoms. The van der Waals surface area contributed by atoms with E-state index < -0.39 is 23.9 Å². The fraction of sp³-hybridized carbons (Fsp3) is 0.150. The molecule has 0 aliphatic rings. The molecular weight excluding hydrogens is 384 g/mol. The van der Waals surface area contributed by atoms with Gasteiger partial charge in [-0.05, 0) is 56.3 Å². The van der Waals surface area contributed by atoms with Crippen LogP contribution in [0.3, 0.4) is 0 Å². The van der Waals surface area contributed by atoms with Gasteiger partial charge >= 0.3 is 5.97 Å². The second-order valence-electron chi connectivity index (χ2n) is 6.18. The van der Waals surface area contributed by atoms with Crippen molar-refractivity contribution < 1.29 is 23.5 Å². The average Bonchev–Trinajstić information content (AvgIpc) is 2.98. The highest BCUT2D eigenvalue weighted by molar-refractivity contribution is 6.31. The number of hydrogen-bond acceptors (Lipinski definition) is 5. The molecule has 0 bridgehead atoms. The first-order chi connectivity index (χ1) is 13.3. The first-order valence-electron chi connectivity index (χ1n) is 8.36. The summed E-state index contributed by atoms with van der Waals surface area (Å²) in [7, 11) is 0. The molecule has 0 aliphatic heterocycles. The zero-order chi connectivity index (χ0) is 20.4. The molecular formula is C20H17ClN2O5. The summed E-state index contributed by atoms with van der Waals surface area (Å²) in [6, 6.07) is 11.0. The van der Waals surface area contributed by atoms with Gasteiger partial charge in [0.1, 0.15) is 5.58 Å². The molecule has 144 valence electrons. The number of rotatable bonds is 5. The molecule has 3 rings (SSSR count). The normalized spacial score (nSPS) is 11.8. The molecule has 1 heterocycles. The molecule has 1 aromatic heterocycles. The Labute approximate surface area is 165 Å². The number of anilines is 1. The van der Waals surface area contributed by atoms with E-state index in [0.29, 0.717) is 32.8 Å². The first kappa shape index (κ1) is 19.4. The number of nitrogens with one attached hydrogen (secondary N) is 1. The number of nitrogens with two attached hydrogens (primary N) is 1. The number of ether oxygens (including phenoxy) is 1. The monoisotopic (exact) mass is 400 g/mol. The van der Waals surface area contributed by atoms with E-state index in [-0.39, 0.29) is 5.76 Å². The maximum atomic E-state index is 12.4. The lowest BCUT2D eigenvalue weighted by Gasteiger charge is -2.13. The lowest BCUT2D eigenvalue weighted by atomic mass is 10.1. The van der Waals surface area contributed by atoms with Crippen molar-refractivity contribution in [2.45, 2.75) is 20.0 Å². The van der Waals surface area contributed by atoms with Crippen LogP contribution in [0.1, 0.15) is 33.4 Å². The van der Waals surface area contributed by atoms with Gasteiger partial charge in [0.15, 0.2) is 6.10 Å². The molecule has 0 fully saturated rings. The highest BCUT2D eigenvalue weighted by Gasteiger charge is 2.24. The number of benzene rings is 2. The third-order valence-corrected chi connectivity index (χ3v) is 4.41. The average molecular weight is 401 g/mol. The third kappa shape index (κ3) is 3.99. The van der Waals surface area contributed by atoms with Gasteiger partial charge in [-0.25, -0.2) is 4.79 Å². The fourth-order valence-corrected chi connectivity index (χ4v) is 2.79. The van der Waals surface area contributed by atoms with Crippen LogP contribution in [0.2, 0.25) is 5.02 Å². The molecule has 0 unspecified atom stereocenters. The Kier molecular flexibility index (Phi) is 5.37. The fourth-order valence-electron chi connectivity index (χ4n) is 2.62. The minimum Gasteiger partial charge on any atom is -0.449 e. The van der Waals surface area contributed by atoms with Crippen LogP contribution in [0.25, 0.3) is 11.0 Å². The Morgan fingerprint density at radius 3 is 2.46 bits per heavy atom. The molecule has 0 radical (unpaired) electrons. The number of amides is 2. The molecule has 0 spiro atoms. The van der Waals surface area contributed by atoms with Crippen molar-refractivity contribution >= 4 is 46.0 Å². The quantitative estimate of drug-likeness (QED) is 0.634. The van der Waals surface area contributed by atoms with Crippen molar-refractivity contribution in [3.63, 3.8) is 0 Å². The Hall–Kier alpha value is -3.32. The summed E-state index contributed by atoms with van der Waals surface area (Å²) in [5.41, 5.74) is 7.01. The molecule has 0 saturated carbocycles. The number of aryl methyl sites for hydroxylation is 1. The Bertz CT molecular complexity index is 1070. The number of carbonyl (C=O) groups is 3. The second kappa shape index (κ2) is 7.74. The molecule has 1 atom stereocenters. The number of fused-ring (bicyclic) bond motifs is 1. The maximum absolute atomic E-state index is 12.4. The molecule has 7 nitrogen and oxygen atoms in total. The van der Waals surface area contributed by atoms with Crippen LogP contribution in [0.5, 0.6) is 0 Å². The van der Waals surface area contributed by atoms with Gasteiger partial charge in [-0.1, -0.05) is 11.6 Å². The number of halogens is 1. The van der Waals surface area contributed by atoms with Crippen LogP contribution < -0.4 is 11.1 Å². The van der Waals surface area contributed by atoms with Crippen LogP contribution in [0.15, 0.2) is 46.9 Å². The van der Waals surface area contributed by atoms with Gasteiger partial charge in [-0.2, -0.15) is 0 Å². The summed E-state index contributed by atoms with van der Waals surface area (Å²) in [5, 5.41) is 3.82. The number of carbonyl (C=O) groups excluding carboxylic acids is 3. The van der Waals surface area contributed by atoms with Crippen LogP contribution in [-0.4, -0.2) is 23.9 Å². The largest absolute Gasteiger partial charge is 0.449 e. The molecule has 0 saturated heterocycles. The predicted molar refractivity (Wildman–Crippen MR) is 104 cm³/mol. The van der Waals surface area contributed by atoms with E-state index >= 15 is 0 Å². The number of esters is 1. The number of hydrogen-bond donors (Lipinski definition) is 2. The van der Waals surface area contributed by atoms with E-state index in [9.17, 15) is 14.4 Å². The van der Waals surface area contributed by atoms with Crippen LogP contribution in [0.4, 0.5) is 5.69 Å². The number of furan rings is 1. The van der Waals surface area contributed by atoms with Crippen molar-refractivity contribution in [3.8, 4) is 0 Å². The van der Waals surface area contributed by atoms with Crippen molar-refractivity contribution in [2.75, 3.05) is 5.32 Å². The van der Waals surface area contributed by atoms with Gasteiger partial charge in [0.2, 0.25) is 11.7 Å². The Morgan fingerprint density at radius 1 is 1.14 bits per heavy atom. The van der Waals surface area contributed by atoms with Gasteiger partial charge < -0.3 is 20.2 Å². The molecule has 2 amide bonds. The van der Waals surface area contributed by atoms with Crippen molar-refractivity contribution in [3.05, 3.63) is 64.4 Å². The third-order valence-electron chi connectivity index (χ3n) is 4.17. The van der Waals surface area contributed by atoms with Crippen LogP contribution >= 0.6 is 11.6 Å². The minimum absolute atomic E-state index is 0.0164. The summed E-state index contributed by atoms with van der Waals surface area (Å²) in [4.78, 5) is 35.8. The summed E-state index contributed by atoms with van der Waals surface area (Å²) in [6.07, 6.45) is -1.07. The molecule has 2 aromatic carbocycles. The van der Waals surface area contributed by atoms with Gasteiger partial charge in [0.25, 0.3) is 5.91 Å². The lowest BCUT2D eigenvalue weighted by Crippen LogP contribution is -2.30. The van der Waals surface area contributed by atoms with Crippen molar-refractivity contribution in [1.82, 2.24) is 0 Å². The van der Waals surface area contributed by atoms with E-state index in [2.05, 4.69) is 5.32 Å². The van der Waals surface area contributed by atoms with E-state index in [1.54, 1.807) is 25.1 Å². The summed E-state index contributed by atoms with van der Waals surface area (Å²) in [6.45, 7) is 3.16. The van der Waals surface area contributed by atoms with Gasteiger partial charge in [-0.15, -0.1) is 0 Å². The summed E-state index contributed by atoms with van der Waals surface area (Å²) >= 11 is 5.97. The van der Waals surface area contributed by atoms with Crippen LogP contribution in [0, 0.1) is 6.92 Å². The molecule has 3 aromatic rings. The number of primary amides is 1. The van der Waals surface area contributed by atoms with Gasteiger partial charge in [0, 0.05) is 27.2 Å². The van der Waals surface area contributed by atoms with Crippen molar-refractivity contribution in [1.29, 1.82) is 0 Å². The van der Waals surface area contributed by atoms with Gasteiger partial charge in [0.05, 0.1) is 0 Å². The minimum atomic E-state index is -1.07. The summed E-state index contributed by atoms with van der Waals surface area (Å²) in [5.74, 6) is -1.83. The maximum Gasteiger partial charge on any atom is 0.375 e. The lowest BCUT2D eigenvalue weighted by molar-refractivity contribution is -0.123. The van der Waals surface area contributed by atoms with E-state index in [1.165, 1.54) is 31.2 Å². The SMILES string of the molecule is Cc1c(C(=O)O[C@@H](C)C(=O)Nc2ccc(C(N)=O)cc2)oc2ccc(Cl)cc12. The summed E-state index contributed by atoms with van der Waals surface area (Å²) < 4.78 is 10.8. The van der Waals surface area contributed by atoms with Crippen molar-refractivity contribution in [2.24, 2.45) is 5.73 Å². The highest BCUT2D eigenvalue weighted by Crippen LogP contribution is 2.28. The Morgan fingerprint density at radius 2 is 1.82 bits per heavy atom. The first-order valence-corrected chi connectivity index (χ1v) is 8.74.